The number of likely N-dealkylation sites (N-methyl/N-ethyl adjacent to an activating group) is 1. The first kappa shape index (κ1) is 21.2. The molecule has 1 aliphatic heterocycles. The zero-order valence-corrected chi connectivity index (χ0v) is 18.7. The number of hydrogen-bond acceptors (Lipinski definition) is 3. The molecule has 31 heavy (non-hydrogen) atoms. The topological polar surface area (TPSA) is 46.0 Å². The van der Waals surface area contributed by atoms with E-state index in [1.807, 2.05) is 49.4 Å². The molecular formula is C26H32N3O2+. The monoisotopic (exact) mass is 418 g/mol. The highest BCUT2D eigenvalue weighted by atomic mass is 16.5. The molecule has 3 aromatic rings. The zero-order valence-electron chi connectivity index (χ0n) is 18.7. The summed E-state index contributed by atoms with van der Waals surface area (Å²) in [6, 6.07) is 20.3. The minimum atomic E-state index is -0.249. The van der Waals surface area contributed by atoms with Crippen LogP contribution in [0.3, 0.4) is 0 Å². The molecule has 4 rings (SSSR count). The molecule has 0 bridgehead atoms. The Labute approximate surface area is 184 Å². The highest BCUT2D eigenvalue weighted by Crippen LogP contribution is 2.29. The largest absolute Gasteiger partial charge is 0.497 e. The Morgan fingerprint density at radius 3 is 2.52 bits per heavy atom. The van der Waals surface area contributed by atoms with E-state index in [0.717, 1.165) is 59.6 Å². The molecule has 1 heterocycles. The minimum Gasteiger partial charge on any atom is -0.497 e. The number of carbonyl (C=O) groups excluding carboxylic acids is 1. The predicted octanol–water partition coefficient (Wildman–Crippen LogP) is 3.32. The molecule has 162 valence electrons. The Balaban J connectivity index is 1.50. The van der Waals surface area contributed by atoms with Gasteiger partial charge in [0.2, 0.25) is 5.91 Å². The fraction of sp³-hybridized carbons (Fsp3) is 0.346. The van der Waals surface area contributed by atoms with Gasteiger partial charge in [-0.1, -0.05) is 36.4 Å². The van der Waals surface area contributed by atoms with Crippen molar-refractivity contribution < 1.29 is 14.4 Å². The van der Waals surface area contributed by atoms with Crippen molar-refractivity contribution in [3.05, 3.63) is 66.2 Å². The van der Waals surface area contributed by atoms with Gasteiger partial charge in [-0.3, -0.25) is 4.79 Å². The van der Waals surface area contributed by atoms with Crippen LogP contribution in [0.15, 0.2) is 60.7 Å². The van der Waals surface area contributed by atoms with Crippen LogP contribution in [0, 0.1) is 0 Å². The van der Waals surface area contributed by atoms with Crippen molar-refractivity contribution in [2.24, 2.45) is 0 Å². The summed E-state index contributed by atoms with van der Waals surface area (Å²) in [7, 11) is 1.67. The highest BCUT2D eigenvalue weighted by Gasteiger charge is 2.22. The van der Waals surface area contributed by atoms with Gasteiger partial charge in [-0.25, -0.2) is 0 Å². The number of para-hydroxylation sites is 2. The van der Waals surface area contributed by atoms with Gasteiger partial charge < -0.3 is 19.9 Å². The summed E-state index contributed by atoms with van der Waals surface area (Å²) in [6.45, 7) is 9.67. The summed E-state index contributed by atoms with van der Waals surface area (Å²) in [5, 5.41) is 5.40. The fourth-order valence-electron chi connectivity index (χ4n) is 4.30. The Hall–Kier alpha value is -3.05. The van der Waals surface area contributed by atoms with Crippen LogP contribution in [0.1, 0.15) is 25.3 Å². The molecule has 0 saturated carbocycles. The molecule has 2 N–H and O–H groups in total. The number of quaternary nitrogens is 1. The minimum absolute atomic E-state index is 0.0122. The number of nitrogens with one attached hydrogen (secondary N) is 2. The number of methoxy groups -OCH3 is 1. The molecule has 0 aromatic heterocycles. The average molecular weight is 419 g/mol. The van der Waals surface area contributed by atoms with Crippen LogP contribution in [-0.4, -0.2) is 45.7 Å². The van der Waals surface area contributed by atoms with Crippen molar-refractivity contribution >= 4 is 28.1 Å². The van der Waals surface area contributed by atoms with E-state index in [9.17, 15) is 4.79 Å². The van der Waals surface area contributed by atoms with Gasteiger partial charge in [0.1, 0.15) is 5.75 Å². The quantitative estimate of drug-likeness (QED) is 0.646. The molecule has 5 nitrogen and oxygen atoms in total. The van der Waals surface area contributed by atoms with Crippen molar-refractivity contribution in [3.8, 4) is 5.75 Å². The summed E-state index contributed by atoms with van der Waals surface area (Å²) >= 11 is 0. The van der Waals surface area contributed by atoms with Gasteiger partial charge in [0, 0.05) is 0 Å². The number of nitrogens with zero attached hydrogens (tertiary/aromatic N) is 1. The SMILES string of the molecule is CC[NH+]1CCN(c2ccccc2NC(=O)[C@@H](C)c2ccc3cc(OC)ccc3c2)CC1. The number of rotatable bonds is 6. The highest BCUT2D eigenvalue weighted by molar-refractivity contribution is 5.99. The first-order valence-corrected chi connectivity index (χ1v) is 11.1. The lowest BCUT2D eigenvalue weighted by Crippen LogP contribution is -3.14. The van der Waals surface area contributed by atoms with E-state index in [0.29, 0.717) is 0 Å². The van der Waals surface area contributed by atoms with Crippen LogP contribution >= 0.6 is 0 Å². The normalized spacial score (nSPS) is 15.6. The molecule has 3 aromatic carbocycles. The van der Waals surface area contributed by atoms with Crippen molar-refractivity contribution in [1.29, 1.82) is 0 Å². The molecule has 1 saturated heterocycles. The zero-order chi connectivity index (χ0) is 21.8. The maximum absolute atomic E-state index is 13.1. The van der Waals surface area contributed by atoms with E-state index < -0.39 is 0 Å². The summed E-state index contributed by atoms with van der Waals surface area (Å²) in [5.41, 5.74) is 3.02. The third-order valence-corrected chi connectivity index (χ3v) is 6.44. The Morgan fingerprint density at radius 1 is 1.06 bits per heavy atom. The van der Waals surface area contributed by atoms with Gasteiger partial charge in [0.05, 0.1) is 57.1 Å². The molecule has 1 aliphatic rings. The summed E-state index contributed by atoms with van der Waals surface area (Å²) < 4.78 is 5.31. The van der Waals surface area contributed by atoms with Crippen LogP contribution in [-0.2, 0) is 4.79 Å². The van der Waals surface area contributed by atoms with Crippen molar-refractivity contribution in [2.45, 2.75) is 19.8 Å². The summed E-state index contributed by atoms with van der Waals surface area (Å²) in [6.07, 6.45) is 0. The third kappa shape index (κ3) is 4.67. The summed E-state index contributed by atoms with van der Waals surface area (Å²) in [5.74, 6) is 0.600. The number of hydrogen-bond donors (Lipinski definition) is 2. The number of amides is 1. The van der Waals surface area contributed by atoms with Crippen LogP contribution in [0.4, 0.5) is 11.4 Å². The number of fused-ring (bicyclic) bond motifs is 1. The molecule has 1 amide bonds. The van der Waals surface area contributed by atoms with E-state index in [1.54, 1.807) is 12.0 Å². The van der Waals surface area contributed by atoms with E-state index in [-0.39, 0.29) is 11.8 Å². The Bertz CT molecular complexity index is 1060. The smallest absolute Gasteiger partial charge is 0.231 e. The first-order chi connectivity index (χ1) is 15.1. The van der Waals surface area contributed by atoms with Crippen LogP contribution < -0.4 is 19.9 Å². The third-order valence-electron chi connectivity index (χ3n) is 6.44. The molecule has 0 spiro atoms. The number of ether oxygens (including phenoxy) is 1. The standard InChI is InChI=1S/C26H31N3O2/c1-4-28-13-15-29(16-14-28)25-8-6-5-7-24(25)27-26(30)19(2)20-9-10-22-18-23(31-3)12-11-21(22)17-20/h5-12,17-19H,4,13-16H2,1-3H3,(H,27,30)/p+1/t19-/m0/s1. The van der Waals surface area contributed by atoms with Gasteiger partial charge in [0.15, 0.2) is 0 Å². The molecule has 1 atom stereocenters. The second-order valence-electron chi connectivity index (χ2n) is 8.29. The van der Waals surface area contributed by atoms with Gasteiger partial charge in [-0.05, 0) is 54.4 Å². The van der Waals surface area contributed by atoms with Crippen LogP contribution in [0.25, 0.3) is 10.8 Å². The van der Waals surface area contributed by atoms with E-state index in [1.165, 1.54) is 6.54 Å². The van der Waals surface area contributed by atoms with Crippen molar-refractivity contribution in [3.63, 3.8) is 0 Å². The molecule has 5 heteroatoms. The maximum atomic E-state index is 13.1. The van der Waals surface area contributed by atoms with Crippen molar-refractivity contribution in [2.75, 3.05) is 50.1 Å². The Morgan fingerprint density at radius 2 is 1.77 bits per heavy atom. The average Bonchev–Trinajstić information content (AvgIpc) is 2.83. The van der Waals surface area contributed by atoms with E-state index in [2.05, 4.69) is 35.3 Å². The fourth-order valence-corrected chi connectivity index (χ4v) is 4.30. The number of carbonyl (C=O) groups is 1. The second kappa shape index (κ2) is 9.40. The summed E-state index contributed by atoms with van der Waals surface area (Å²) in [4.78, 5) is 17.2. The number of benzene rings is 3. The number of piperazine rings is 1. The van der Waals surface area contributed by atoms with Gasteiger partial charge in [-0.2, -0.15) is 0 Å². The Kier molecular flexibility index (Phi) is 6.42. The lowest BCUT2D eigenvalue weighted by atomic mass is 9.97. The lowest BCUT2D eigenvalue weighted by molar-refractivity contribution is -0.898. The molecule has 1 fully saturated rings. The van der Waals surface area contributed by atoms with Gasteiger partial charge in [-0.15, -0.1) is 0 Å². The van der Waals surface area contributed by atoms with Gasteiger partial charge in [0.25, 0.3) is 0 Å². The first-order valence-electron chi connectivity index (χ1n) is 11.1. The van der Waals surface area contributed by atoms with Crippen molar-refractivity contribution in [1.82, 2.24) is 0 Å². The number of anilines is 2. The van der Waals surface area contributed by atoms with Crippen LogP contribution in [0.2, 0.25) is 0 Å². The second-order valence-corrected chi connectivity index (χ2v) is 8.29. The van der Waals surface area contributed by atoms with E-state index >= 15 is 0 Å². The van der Waals surface area contributed by atoms with Gasteiger partial charge >= 0.3 is 0 Å². The predicted molar refractivity (Wildman–Crippen MR) is 127 cm³/mol. The molecular weight excluding hydrogens is 386 g/mol. The van der Waals surface area contributed by atoms with E-state index in [4.69, 9.17) is 4.74 Å². The maximum Gasteiger partial charge on any atom is 0.231 e. The molecule has 0 aliphatic carbocycles. The molecule has 0 unspecified atom stereocenters. The van der Waals surface area contributed by atoms with Crippen LogP contribution in [0.5, 0.6) is 5.75 Å². The lowest BCUT2D eigenvalue weighted by Gasteiger charge is -2.34. The molecule has 0 radical (unpaired) electrons.